The molecule has 1 heteroatoms. The molecule has 0 spiro atoms. The second-order valence-corrected chi connectivity index (χ2v) is 7.08. The minimum absolute atomic E-state index is 0.768. The van der Waals surface area contributed by atoms with Gasteiger partial charge in [0.05, 0.1) is 0 Å². The first kappa shape index (κ1) is 12.5. The average molecular weight is 275 g/mol. The Labute approximate surface area is 90.9 Å². The molecule has 0 aliphatic carbocycles. The Bertz CT molecular complexity index is 128. The van der Waals surface area contributed by atoms with Crippen molar-refractivity contribution < 1.29 is 0 Å². The first-order chi connectivity index (χ1) is 5.76. The first-order valence-electron chi connectivity index (χ1n) is 5.43. The quantitative estimate of drug-likeness (QED) is 0.654. The van der Waals surface area contributed by atoms with Crippen molar-refractivity contribution in [3.05, 3.63) is 9.16 Å². The van der Waals surface area contributed by atoms with Gasteiger partial charge in [0.15, 0.2) is 0 Å². The van der Waals surface area contributed by atoms with Gasteiger partial charge in [-0.05, 0) is 0 Å². The monoisotopic (exact) mass is 276 g/mol. The summed E-state index contributed by atoms with van der Waals surface area (Å²) in [7, 11) is 0. The number of hydrogen-bond acceptors (Lipinski definition) is 0. The van der Waals surface area contributed by atoms with Crippen LogP contribution >= 0.6 is 0 Å². The summed E-state index contributed by atoms with van der Waals surface area (Å²) < 4.78 is 1.86. The average Bonchev–Trinajstić information content (AvgIpc) is 2.04. The molecule has 0 rings (SSSR count). The molecule has 0 radical (unpaired) electrons. The Balaban J connectivity index is 4.11. The van der Waals surface area contributed by atoms with E-state index in [4.69, 9.17) is 0 Å². The van der Waals surface area contributed by atoms with Gasteiger partial charge in [-0.2, -0.15) is 0 Å². The molecule has 72 valence electrons. The van der Waals surface area contributed by atoms with Crippen molar-refractivity contribution >= 4 is 22.5 Å². The van der Waals surface area contributed by atoms with Crippen LogP contribution in [0.4, 0.5) is 0 Å². The molecular weight excluding hydrogens is 251 g/mol. The van der Waals surface area contributed by atoms with Crippen LogP contribution in [0.1, 0.15) is 59.3 Å². The summed E-state index contributed by atoms with van der Waals surface area (Å²) in [6, 6.07) is 0. The van der Waals surface area contributed by atoms with Crippen LogP contribution in [0.5, 0.6) is 0 Å². The normalized spacial score (nSPS) is 10.2. The van der Waals surface area contributed by atoms with Gasteiger partial charge in [0.1, 0.15) is 0 Å². The van der Waals surface area contributed by atoms with E-state index in [1.807, 2.05) is 9.16 Å². The SMILES string of the molecule is CCC[C]([SnH3])=C(CCC)CCC. The molecule has 0 saturated carbocycles. The van der Waals surface area contributed by atoms with Gasteiger partial charge >= 0.3 is 91.0 Å². The second kappa shape index (κ2) is 8.15. The van der Waals surface area contributed by atoms with Gasteiger partial charge in [0.25, 0.3) is 0 Å². The van der Waals surface area contributed by atoms with Gasteiger partial charge in [0, 0.05) is 0 Å². The van der Waals surface area contributed by atoms with E-state index in [1.54, 1.807) is 0 Å². The van der Waals surface area contributed by atoms with E-state index >= 15 is 0 Å². The Hall–Kier alpha value is 0.539. The molecule has 12 heavy (non-hydrogen) atoms. The molecule has 0 aliphatic rings. The second-order valence-electron chi connectivity index (χ2n) is 3.63. The number of allylic oxidation sites excluding steroid dienone is 2. The fourth-order valence-electron chi connectivity index (χ4n) is 1.71. The summed E-state index contributed by atoms with van der Waals surface area (Å²) in [6.07, 6.45) is 8.16. The zero-order valence-corrected chi connectivity index (χ0v) is 15.0. The zero-order valence-electron chi connectivity index (χ0n) is 9.24. The Kier molecular flexibility index (Phi) is 8.52. The predicted octanol–water partition coefficient (Wildman–Crippen LogP) is 3.01. The van der Waals surface area contributed by atoms with Gasteiger partial charge in [0.2, 0.25) is 0 Å². The molecule has 0 nitrogen and oxygen atoms in total. The van der Waals surface area contributed by atoms with Crippen LogP contribution < -0.4 is 0 Å². The van der Waals surface area contributed by atoms with E-state index in [2.05, 4.69) is 20.8 Å². The fourth-order valence-corrected chi connectivity index (χ4v) is 4.56. The third-order valence-electron chi connectivity index (χ3n) is 2.33. The molecule has 0 heterocycles. The summed E-state index contributed by atoms with van der Waals surface area (Å²) in [5.41, 5.74) is 1.82. The van der Waals surface area contributed by atoms with Crippen LogP contribution in [0.3, 0.4) is 0 Å². The minimum atomic E-state index is 0.768. The van der Waals surface area contributed by atoms with Gasteiger partial charge < -0.3 is 0 Å². The van der Waals surface area contributed by atoms with Crippen molar-refractivity contribution in [1.82, 2.24) is 0 Å². The molecule has 0 bridgehead atoms. The van der Waals surface area contributed by atoms with Crippen LogP contribution in [0.25, 0.3) is 0 Å². The standard InChI is InChI=1S/C11H21.Sn.3H/c1-4-7-10-11(8-5-2)9-6-3;;;;/h4-9H2,1-3H3;;;;. The van der Waals surface area contributed by atoms with Gasteiger partial charge in [-0.1, -0.05) is 0 Å². The third kappa shape index (κ3) is 5.23. The predicted molar refractivity (Wildman–Crippen MR) is 61.7 cm³/mol. The van der Waals surface area contributed by atoms with Crippen molar-refractivity contribution in [2.75, 3.05) is 0 Å². The summed E-state index contributed by atoms with van der Waals surface area (Å²) in [6.45, 7) is 6.89. The molecule has 0 aromatic carbocycles. The molecule has 0 N–H and O–H groups in total. The van der Waals surface area contributed by atoms with Crippen LogP contribution in [-0.2, 0) is 0 Å². The van der Waals surface area contributed by atoms with Gasteiger partial charge in [-0.25, -0.2) is 0 Å². The van der Waals surface area contributed by atoms with Crippen LogP contribution in [0, 0.1) is 0 Å². The maximum absolute atomic E-state index is 2.30. The summed E-state index contributed by atoms with van der Waals surface area (Å²) in [5.74, 6) is 0. The summed E-state index contributed by atoms with van der Waals surface area (Å²) in [5, 5.41) is 0. The molecule has 0 amide bonds. The van der Waals surface area contributed by atoms with Crippen molar-refractivity contribution in [2.24, 2.45) is 0 Å². The fraction of sp³-hybridized carbons (Fsp3) is 0.818. The molecule has 0 saturated heterocycles. The Morgan fingerprint density at radius 3 is 1.58 bits per heavy atom. The van der Waals surface area contributed by atoms with E-state index in [0.717, 1.165) is 22.5 Å². The van der Waals surface area contributed by atoms with Gasteiger partial charge in [-0.15, -0.1) is 0 Å². The van der Waals surface area contributed by atoms with E-state index in [-0.39, 0.29) is 0 Å². The van der Waals surface area contributed by atoms with Crippen molar-refractivity contribution in [3.63, 3.8) is 0 Å². The van der Waals surface area contributed by atoms with Crippen LogP contribution in [-0.4, -0.2) is 22.5 Å². The molecular formula is C11H24Sn. The Morgan fingerprint density at radius 1 is 0.833 bits per heavy atom. The molecule has 0 aromatic heterocycles. The molecule has 0 fully saturated rings. The molecule has 0 unspecified atom stereocenters. The van der Waals surface area contributed by atoms with E-state index < -0.39 is 0 Å². The topological polar surface area (TPSA) is 0 Å². The number of hydrogen-bond donors (Lipinski definition) is 0. The molecule has 0 aromatic rings. The van der Waals surface area contributed by atoms with Crippen LogP contribution in [0.15, 0.2) is 9.16 Å². The first-order valence-corrected chi connectivity index (χ1v) is 8.29. The van der Waals surface area contributed by atoms with Crippen molar-refractivity contribution in [1.29, 1.82) is 0 Å². The van der Waals surface area contributed by atoms with Crippen LogP contribution in [0.2, 0.25) is 0 Å². The van der Waals surface area contributed by atoms with Crippen molar-refractivity contribution in [2.45, 2.75) is 59.3 Å². The van der Waals surface area contributed by atoms with E-state index in [0.29, 0.717) is 0 Å². The van der Waals surface area contributed by atoms with Crippen molar-refractivity contribution in [3.8, 4) is 0 Å². The zero-order chi connectivity index (χ0) is 9.40. The van der Waals surface area contributed by atoms with E-state index in [1.165, 1.54) is 38.5 Å². The summed E-state index contributed by atoms with van der Waals surface area (Å²) in [4.78, 5) is 0. The van der Waals surface area contributed by atoms with Gasteiger partial charge in [-0.3, -0.25) is 0 Å². The molecule has 0 aliphatic heterocycles. The number of rotatable bonds is 6. The summed E-state index contributed by atoms with van der Waals surface area (Å²) >= 11 is 0.768. The third-order valence-corrected chi connectivity index (χ3v) is 5.78. The Morgan fingerprint density at radius 2 is 1.25 bits per heavy atom. The maximum atomic E-state index is 2.30. The van der Waals surface area contributed by atoms with E-state index in [9.17, 15) is 0 Å². The molecule has 0 atom stereocenters.